The molecule has 0 bridgehead atoms. The molecule has 2 heterocycles. The number of aryl methyl sites for hydroxylation is 1. The van der Waals surface area contributed by atoms with E-state index >= 15 is 0 Å². The van der Waals surface area contributed by atoms with Crippen LogP contribution in [0.1, 0.15) is 6.92 Å². The smallest absolute Gasteiger partial charge is 0.229 e. The summed E-state index contributed by atoms with van der Waals surface area (Å²) in [6.45, 7) is 2.68. The number of tetrazole rings is 1. The zero-order valence-electron chi connectivity index (χ0n) is 10.5. The lowest BCUT2D eigenvalue weighted by atomic mass is 10.2. The minimum absolute atomic E-state index is 0.615. The topological polar surface area (TPSA) is 56.5 Å². The Labute approximate surface area is 129 Å². The van der Waals surface area contributed by atoms with Crippen LogP contribution in [0.4, 0.5) is 0 Å². The number of thiazole rings is 1. The van der Waals surface area contributed by atoms with E-state index in [1.165, 1.54) is 11.8 Å². The Hall–Kier alpha value is -1.44. The lowest BCUT2D eigenvalue weighted by Crippen LogP contribution is -1.98. The number of benzene rings is 1. The van der Waals surface area contributed by atoms with E-state index in [4.69, 9.17) is 11.6 Å². The monoisotopic (exact) mass is 323 g/mol. The van der Waals surface area contributed by atoms with Crippen molar-refractivity contribution in [2.24, 2.45) is 0 Å². The zero-order valence-corrected chi connectivity index (χ0v) is 12.9. The van der Waals surface area contributed by atoms with Gasteiger partial charge in [-0.25, -0.2) is 4.98 Å². The summed E-state index contributed by atoms with van der Waals surface area (Å²) >= 11 is 8.86. The minimum Gasteiger partial charge on any atom is -0.229 e. The molecule has 3 aromatic rings. The van der Waals surface area contributed by atoms with Gasteiger partial charge in [0, 0.05) is 16.0 Å². The van der Waals surface area contributed by atoms with Gasteiger partial charge in [0.05, 0.1) is 12.2 Å². The molecule has 0 atom stereocenters. The van der Waals surface area contributed by atoms with Crippen molar-refractivity contribution in [3.63, 3.8) is 0 Å². The maximum absolute atomic E-state index is 5.88. The van der Waals surface area contributed by atoms with E-state index in [0.29, 0.717) is 11.7 Å². The summed E-state index contributed by atoms with van der Waals surface area (Å²) in [6.07, 6.45) is 0. The van der Waals surface area contributed by atoms with Crippen molar-refractivity contribution < 1.29 is 0 Å². The van der Waals surface area contributed by atoms with E-state index in [2.05, 4.69) is 20.4 Å². The second-order valence-electron chi connectivity index (χ2n) is 3.87. The predicted molar refractivity (Wildman–Crippen MR) is 80.2 cm³/mol. The number of aromatic nitrogens is 5. The van der Waals surface area contributed by atoms with Crippen molar-refractivity contribution >= 4 is 34.7 Å². The van der Waals surface area contributed by atoms with Gasteiger partial charge in [-0.2, -0.15) is 4.80 Å². The van der Waals surface area contributed by atoms with Crippen molar-refractivity contribution in [1.82, 2.24) is 25.2 Å². The Balaban J connectivity index is 1.78. The highest BCUT2D eigenvalue weighted by Gasteiger charge is 2.09. The molecule has 3 rings (SSSR count). The summed E-state index contributed by atoms with van der Waals surface area (Å²) in [7, 11) is 0. The average Bonchev–Trinajstić information content (AvgIpc) is 3.09. The molecule has 0 spiro atoms. The van der Waals surface area contributed by atoms with E-state index < -0.39 is 0 Å². The number of hydrogen-bond donors (Lipinski definition) is 0. The Morgan fingerprint density at radius 1 is 1.30 bits per heavy atom. The maximum atomic E-state index is 5.88. The number of nitrogens with zero attached hydrogens (tertiary/aromatic N) is 5. The Morgan fingerprint density at radius 3 is 2.80 bits per heavy atom. The molecule has 0 radical (unpaired) electrons. The van der Waals surface area contributed by atoms with Crippen molar-refractivity contribution in [2.75, 3.05) is 0 Å². The lowest BCUT2D eigenvalue weighted by molar-refractivity contribution is 0.549. The molecule has 0 unspecified atom stereocenters. The molecule has 20 heavy (non-hydrogen) atoms. The van der Waals surface area contributed by atoms with E-state index in [9.17, 15) is 0 Å². The summed E-state index contributed by atoms with van der Waals surface area (Å²) in [5.41, 5.74) is 1.97. The van der Waals surface area contributed by atoms with E-state index in [1.807, 2.05) is 36.6 Å². The fraction of sp³-hybridized carbons (Fsp3) is 0.167. The summed E-state index contributed by atoms with van der Waals surface area (Å²) in [5, 5.41) is 15.5. The second-order valence-corrected chi connectivity index (χ2v) is 6.38. The first-order chi connectivity index (χ1) is 9.74. The lowest BCUT2D eigenvalue weighted by Gasteiger charge is -1.95. The van der Waals surface area contributed by atoms with Crippen LogP contribution in [0.5, 0.6) is 0 Å². The van der Waals surface area contributed by atoms with Crippen LogP contribution in [0.3, 0.4) is 0 Å². The zero-order chi connectivity index (χ0) is 13.9. The molecule has 0 aliphatic carbocycles. The third-order valence-corrected chi connectivity index (χ3v) is 4.56. The highest BCUT2D eigenvalue weighted by molar-refractivity contribution is 8.00. The van der Waals surface area contributed by atoms with Crippen LogP contribution in [-0.4, -0.2) is 25.2 Å². The first kappa shape index (κ1) is 13.5. The molecule has 0 aliphatic heterocycles. The van der Waals surface area contributed by atoms with Crippen LogP contribution < -0.4 is 0 Å². The molecule has 2 aromatic heterocycles. The third kappa shape index (κ3) is 3.00. The van der Waals surface area contributed by atoms with E-state index in [1.54, 1.807) is 16.1 Å². The molecule has 0 aliphatic rings. The quantitative estimate of drug-likeness (QED) is 0.734. The van der Waals surface area contributed by atoms with Gasteiger partial charge >= 0.3 is 0 Å². The molecule has 1 aromatic carbocycles. The Kier molecular flexibility index (Phi) is 4.00. The third-order valence-electron chi connectivity index (χ3n) is 2.52. The highest BCUT2D eigenvalue weighted by Crippen LogP contribution is 2.31. The van der Waals surface area contributed by atoms with Gasteiger partial charge < -0.3 is 0 Å². The SMILES string of the molecule is CCn1nnc(Sc2nc(-c3ccc(Cl)cc3)cs2)n1. The van der Waals surface area contributed by atoms with Crippen LogP contribution in [0.2, 0.25) is 5.02 Å². The summed E-state index contributed by atoms with van der Waals surface area (Å²) in [4.78, 5) is 6.11. The van der Waals surface area contributed by atoms with Crippen LogP contribution in [0, 0.1) is 0 Å². The molecular weight excluding hydrogens is 314 g/mol. The molecular formula is C12H10ClN5S2. The van der Waals surface area contributed by atoms with Gasteiger partial charge in [-0.1, -0.05) is 23.7 Å². The number of halogens is 1. The van der Waals surface area contributed by atoms with Gasteiger partial charge in [0.1, 0.15) is 0 Å². The minimum atomic E-state index is 0.615. The standard InChI is InChI=1S/C12H10ClN5S2/c1-2-18-16-11(15-17-18)20-12-14-10(7-19-12)8-3-5-9(13)6-4-8/h3-7H,2H2,1H3. The molecule has 0 N–H and O–H groups in total. The van der Waals surface area contributed by atoms with Crippen LogP contribution >= 0.6 is 34.7 Å². The highest BCUT2D eigenvalue weighted by atomic mass is 35.5. The molecule has 0 fully saturated rings. The Bertz CT molecular complexity index is 707. The molecule has 102 valence electrons. The van der Waals surface area contributed by atoms with Crippen molar-refractivity contribution in [1.29, 1.82) is 0 Å². The van der Waals surface area contributed by atoms with E-state index in [0.717, 1.165) is 20.6 Å². The molecule has 0 saturated carbocycles. The molecule has 0 amide bonds. The molecule has 0 saturated heterocycles. The first-order valence-corrected chi connectivity index (χ1v) is 7.99. The van der Waals surface area contributed by atoms with Gasteiger partial charge in [-0.15, -0.1) is 21.5 Å². The van der Waals surface area contributed by atoms with Gasteiger partial charge in [-0.05, 0) is 36.0 Å². The molecule has 5 nitrogen and oxygen atoms in total. The van der Waals surface area contributed by atoms with Gasteiger partial charge in [0.15, 0.2) is 4.34 Å². The molecule has 8 heteroatoms. The van der Waals surface area contributed by atoms with Crippen molar-refractivity contribution in [3.05, 3.63) is 34.7 Å². The van der Waals surface area contributed by atoms with Gasteiger partial charge in [0.25, 0.3) is 0 Å². The van der Waals surface area contributed by atoms with Crippen molar-refractivity contribution in [3.8, 4) is 11.3 Å². The van der Waals surface area contributed by atoms with Crippen LogP contribution in [0.25, 0.3) is 11.3 Å². The second kappa shape index (κ2) is 5.90. The van der Waals surface area contributed by atoms with E-state index in [-0.39, 0.29) is 0 Å². The Morgan fingerprint density at radius 2 is 2.10 bits per heavy atom. The van der Waals surface area contributed by atoms with Gasteiger partial charge in [0.2, 0.25) is 5.16 Å². The van der Waals surface area contributed by atoms with Crippen molar-refractivity contribution in [2.45, 2.75) is 23.0 Å². The average molecular weight is 324 g/mol. The van der Waals surface area contributed by atoms with Gasteiger partial charge in [-0.3, -0.25) is 0 Å². The number of hydrogen-bond acceptors (Lipinski definition) is 6. The largest absolute Gasteiger partial charge is 0.238 e. The summed E-state index contributed by atoms with van der Waals surface area (Å²) in [6, 6.07) is 7.63. The predicted octanol–water partition coefficient (Wildman–Crippen LogP) is 3.62. The summed E-state index contributed by atoms with van der Waals surface area (Å²) < 4.78 is 0.894. The number of rotatable bonds is 4. The first-order valence-electron chi connectivity index (χ1n) is 5.91. The normalized spacial score (nSPS) is 10.9. The van der Waals surface area contributed by atoms with Crippen LogP contribution in [0.15, 0.2) is 39.1 Å². The summed E-state index contributed by atoms with van der Waals surface area (Å²) in [5.74, 6) is 0. The fourth-order valence-corrected chi connectivity index (χ4v) is 3.29. The maximum Gasteiger partial charge on any atom is 0.238 e. The van der Waals surface area contributed by atoms with Crippen LogP contribution in [-0.2, 0) is 6.54 Å². The fourth-order valence-electron chi connectivity index (χ4n) is 1.54.